The number of carbonyl (C=O) groups excluding carboxylic acids is 1. The monoisotopic (exact) mass is 384 g/mol. The Kier molecular flexibility index (Phi) is 27.2. The third-order valence-electron chi connectivity index (χ3n) is 3.64. The number of unbranched alkanes of at least 4 members (excludes halogenated alkanes) is 11. The Morgan fingerprint density at radius 3 is 1.57 bits per heavy atom. The first-order valence-electron chi connectivity index (χ1n) is 9.14. The summed E-state index contributed by atoms with van der Waals surface area (Å²) < 4.78 is 0. The van der Waals surface area contributed by atoms with Crippen LogP contribution >= 0.6 is 34.8 Å². The van der Waals surface area contributed by atoms with Crippen LogP contribution in [0.4, 0.5) is 0 Å². The van der Waals surface area contributed by atoms with Gasteiger partial charge in [0, 0.05) is 6.42 Å². The molecule has 138 valence electrons. The Morgan fingerprint density at radius 2 is 1.13 bits per heavy atom. The maximum Gasteiger partial charge on any atom is 0.221 e. The van der Waals surface area contributed by atoms with E-state index in [-0.39, 0.29) is 10.6 Å². The molecule has 0 aliphatic heterocycles. The summed E-state index contributed by atoms with van der Waals surface area (Å²) in [4.78, 5) is 10.5. The molecule has 0 aliphatic carbocycles. The lowest BCUT2D eigenvalue weighted by Crippen LogP contribution is -1.86. The van der Waals surface area contributed by atoms with Crippen LogP contribution in [0, 0.1) is 0 Å². The van der Waals surface area contributed by atoms with Crippen molar-refractivity contribution in [2.45, 2.75) is 96.8 Å². The van der Waals surface area contributed by atoms with Gasteiger partial charge < -0.3 is 0 Å². The summed E-state index contributed by atoms with van der Waals surface area (Å²) in [5.41, 5.74) is 0. The van der Waals surface area contributed by atoms with Gasteiger partial charge in [0.25, 0.3) is 0 Å². The molecule has 0 heterocycles. The molecule has 0 N–H and O–H groups in total. The van der Waals surface area contributed by atoms with Crippen molar-refractivity contribution in [3.8, 4) is 0 Å². The van der Waals surface area contributed by atoms with E-state index in [4.69, 9.17) is 34.8 Å². The number of carbonyl (C=O) groups is 1. The quantitative estimate of drug-likeness (QED) is 0.120. The molecule has 0 aromatic rings. The van der Waals surface area contributed by atoms with Gasteiger partial charge >= 0.3 is 0 Å². The van der Waals surface area contributed by atoms with Crippen molar-refractivity contribution in [3.63, 3.8) is 0 Å². The molecule has 0 saturated heterocycles. The lowest BCUT2D eigenvalue weighted by Gasteiger charge is -1.99. The highest BCUT2D eigenvalue weighted by Gasteiger charge is 1.95. The SMILES string of the molecule is CCCCCCCC/C=C\CCCCCCCC(=O)Cl.ClCCl. The van der Waals surface area contributed by atoms with Crippen molar-refractivity contribution in [2.24, 2.45) is 0 Å². The zero-order valence-electron chi connectivity index (χ0n) is 14.8. The minimum Gasteiger partial charge on any atom is -0.281 e. The summed E-state index contributed by atoms with van der Waals surface area (Å²) in [5, 5.41) is 0.00243. The molecular weight excluding hydrogens is 351 g/mol. The molecule has 0 aliphatic rings. The Hall–Kier alpha value is 0.280. The van der Waals surface area contributed by atoms with E-state index >= 15 is 0 Å². The van der Waals surface area contributed by atoms with Crippen LogP contribution in [0.15, 0.2) is 12.2 Å². The van der Waals surface area contributed by atoms with Crippen LogP contribution in [0.2, 0.25) is 0 Å². The third-order valence-corrected chi connectivity index (χ3v) is 3.82. The van der Waals surface area contributed by atoms with Gasteiger partial charge in [0.2, 0.25) is 5.24 Å². The average Bonchev–Trinajstić information content (AvgIpc) is 2.51. The summed E-state index contributed by atoms with van der Waals surface area (Å²) in [5.74, 6) is 0. The Bertz CT molecular complexity index is 255. The Morgan fingerprint density at radius 1 is 0.739 bits per heavy atom. The predicted octanol–water partition coefficient (Wildman–Crippen LogP) is 8.21. The minimum absolute atomic E-state index is 0.192. The van der Waals surface area contributed by atoms with Gasteiger partial charge in [0.05, 0.1) is 5.34 Å². The molecule has 4 heteroatoms. The van der Waals surface area contributed by atoms with Crippen LogP contribution in [0.5, 0.6) is 0 Å². The summed E-state index contributed by atoms with van der Waals surface area (Å²) in [7, 11) is 0. The van der Waals surface area contributed by atoms with Crippen LogP contribution < -0.4 is 0 Å². The van der Waals surface area contributed by atoms with E-state index in [1.54, 1.807) is 0 Å². The van der Waals surface area contributed by atoms with Gasteiger partial charge in [-0.2, -0.15) is 0 Å². The Balaban J connectivity index is 0. The number of allylic oxidation sites excluding steroid dienone is 2. The first-order chi connectivity index (χ1) is 11.2. The van der Waals surface area contributed by atoms with E-state index in [2.05, 4.69) is 19.1 Å². The fourth-order valence-corrected chi connectivity index (χ4v) is 2.47. The van der Waals surface area contributed by atoms with Gasteiger partial charge in [-0.15, -0.1) is 23.2 Å². The normalized spacial score (nSPS) is 10.6. The first kappa shape index (κ1) is 25.5. The summed E-state index contributed by atoms with van der Waals surface area (Å²) in [6, 6.07) is 0. The maximum atomic E-state index is 10.5. The van der Waals surface area contributed by atoms with E-state index in [0.717, 1.165) is 12.8 Å². The second-order valence-electron chi connectivity index (χ2n) is 5.79. The summed E-state index contributed by atoms with van der Waals surface area (Å²) in [6.07, 6.45) is 21.9. The van der Waals surface area contributed by atoms with E-state index in [9.17, 15) is 4.79 Å². The molecule has 0 amide bonds. The zero-order chi connectivity index (χ0) is 17.6. The first-order valence-corrected chi connectivity index (χ1v) is 10.6. The molecule has 23 heavy (non-hydrogen) atoms. The van der Waals surface area contributed by atoms with Crippen molar-refractivity contribution < 1.29 is 4.79 Å². The van der Waals surface area contributed by atoms with E-state index < -0.39 is 0 Å². The molecule has 1 nitrogen and oxygen atoms in total. The highest BCUT2D eigenvalue weighted by Crippen LogP contribution is 2.10. The molecule has 0 fully saturated rings. The molecule has 0 radical (unpaired) electrons. The van der Waals surface area contributed by atoms with Gasteiger partial charge in [-0.1, -0.05) is 70.4 Å². The maximum absolute atomic E-state index is 10.5. The number of halogens is 3. The number of hydrogen-bond acceptors (Lipinski definition) is 1. The topological polar surface area (TPSA) is 17.1 Å². The number of hydrogen-bond donors (Lipinski definition) is 0. The number of alkyl halides is 2. The number of rotatable bonds is 15. The smallest absolute Gasteiger partial charge is 0.221 e. The second-order valence-corrected chi connectivity index (χ2v) is 7.02. The summed E-state index contributed by atoms with van der Waals surface area (Å²) in [6.45, 7) is 2.26. The molecular formula is C19H35Cl3O. The lowest BCUT2D eigenvalue weighted by atomic mass is 10.1. The molecule has 0 aromatic carbocycles. The van der Waals surface area contributed by atoms with Crippen LogP contribution in [0.1, 0.15) is 96.8 Å². The van der Waals surface area contributed by atoms with Crippen molar-refractivity contribution >= 4 is 40.0 Å². The van der Waals surface area contributed by atoms with Gasteiger partial charge in [-0.25, -0.2) is 0 Å². The van der Waals surface area contributed by atoms with Crippen LogP contribution in [0.25, 0.3) is 0 Å². The molecule has 0 atom stereocenters. The van der Waals surface area contributed by atoms with Crippen molar-refractivity contribution in [1.29, 1.82) is 0 Å². The lowest BCUT2D eigenvalue weighted by molar-refractivity contribution is -0.111. The zero-order valence-corrected chi connectivity index (χ0v) is 17.1. The van der Waals surface area contributed by atoms with Gasteiger partial charge in [0.15, 0.2) is 0 Å². The van der Waals surface area contributed by atoms with Crippen molar-refractivity contribution in [3.05, 3.63) is 12.2 Å². The van der Waals surface area contributed by atoms with Crippen LogP contribution in [-0.2, 0) is 4.79 Å². The van der Waals surface area contributed by atoms with Gasteiger partial charge in [-0.3, -0.25) is 4.79 Å². The van der Waals surface area contributed by atoms with E-state index in [0.29, 0.717) is 6.42 Å². The molecule has 0 saturated carbocycles. The van der Waals surface area contributed by atoms with E-state index in [1.165, 1.54) is 70.6 Å². The van der Waals surface area contributed by atoms with Gasteiger partial charge in [0.1, 0.15) is 0 Å². The molecule has 0 bridgehead atoms. The molecule has 0 rings (SSSR count). The largest absolute Gasteiger partial charge is 0.281 e. The molecule has 0 unspecified atom stereocenters. The Labute approximate surface area is 159 Å². The minimum atomic E-state index is -0.192. The predicted molar refractivity (Wildman–Crippen MR) is 107 cm³/mol. The van der Waals surface area contributed by atoms with Crippen molar-refractivity contribution in [1.82, 2.24) is 0 Å². The highest BCUT2D eigenvalue weighted by atomic mass is 35.5. The average molecular weight is 386 g/mol. The third kappa shape index (κ3) is 30.7. The highest BCUT2D eigenvalue weighted by molar-refractivity contribution is 6.63. The summed E-state index contributed by atoms with van der Waals surface area (Å²) >= 11 is 14.8. The van der Waals surface area contributed by atoms with Crippen LogP contribution in [0.3, 0.4) is 0 Å². The van der Waals surface area contributed by atoms with Crippen LogP contribution in [-0.4, -0.2) is 10.6 Å². The fourth-order valence-electron chi connectivity index (χ4n) is 2.33. The second kappa shape index (κ2) is 24.5. The molecule has 0 aromatic heterocycles. The fraction of sp³-hybridized carbons (Fsp3) is 0.842. The molecule has 0 spiro atoms. The van der Waals surface area contributed by atoms with E-state index in [1.807, 2.05) is 0 Å². The van der Waals surface area contributed by atoms with Gasteiger partial charge in [-0.05, 0) is 43.7 Å². The standard InChI is InChI=1S/C18H33ClO.CH2Cl2/c1-2-3-4-5-6-7-8-9-10-11-12-13-14-15-16-17-18(19)20;2-1-3/h9-10H,2-8,11-17H2,1H3;1H2/b10-9-;. The van der Waals surface area contributed by atoms with Crippen molar-refractivity contribution in [2.75, 3.05) is 5.34 Å².